The second-order valence-electron chi connectivity index (χ2n) is 11.1. The lowest BCUT2D eigenvalue weighted by molar-refractivity contribution is 0.0980. The zero-order valence-electron chi connectivity index (χ0n) is 23.9. The van der Waals surface area contributed by atoms with Crippen molar-refractivity contribution in [2.75, 3.05) is 29.6 Å². The van der Waals surface area contributed by atoms with E-state index in [2.05, 4.69) is 24.9 Å². The number of halogens is 2. The maximum absolute atomic E-state index is 14.8. The number of carbonyl (C=O) groups excluding carboxylic acids is 1. The molecule has 218 valence electrons. The molecule has 1 aliphatic carbocycles. The predicted molar refractivity (Wildman–Crippen MR) is 165 cm³/mol. The molecule has 3 aromatic heterocycles. The molecule has 4 heterocycles. The first-order valence-electron chi connectivity index (χ1n) is 13.7. The molecular weight excluding hydrogens is 577 g/mol. The average molecular weight is 608 g/mol. The van der Waals surface area contributed by atoms with Gasteiger partial charge in [0.2, 0.25) is 5.95 Å². The highest BCUT2D eigenvalue weighted by molar-refractivity contribution is 7.97. The van der Waals surface area contributed by atoms with E-state index in [0.29, 0.717) is 53.2 Å². The van der Waals surface area contributed by atoms with Gasteiger partial charge in [-0.25, -0.2) is 14.4 Å². The fourth-order valence-corrected chi connectivity index (χ4v) is 6.74. The lowest BCUT2D eigenvalue weighted by Gasteiger charge is -2.25. The Morgan fingerprint density at radius 1 is 1.17 bits per heavy atom. The summed E-state index contributed by atoms with van der Waals surface area (Å²) in [5.41, 5.74) is 4.07. The van der Waals surface area contributed by atoms with Crippen LogP contribution in [0.2, 0.25) is 5.15 Å². The molecule has 1 saturated carbocycles. The van der Waals surface area contributed by atoms with Gasteiger partial charge in [0.1, 0.15) is 11.0 Å². The highest BCUT2D eigenvalue weighted by atomic mass is 35.5. The quantitative estimate of drug-likeness (QED) is 0.219. The highest BCUT2D eigenvalue weighted by Gasteiger charge is 2.57. The number of pyridine rings is 2. The van der Waals surface area contributed by atoms with Gasteiger partial charge < -0.3 is 10.2 Å². The van der Waals surface area contributed by atoms with Gasteiger partial charge in [-0.3, -0.25) is 23.9 Å². The summed E-state index contributed by atoms with van der Waals surface area (Å²) < 4.78 is 19.1. The second-order valence-corrected chi connectivity index (χ2v) is 12.1. The van der Waals surface area contributed by atoms with Crippen molar-refractivity contribution in [3.8, 4) is 0 Å². The van der Waals surface area contributed by atoms with E-state index in [1.165, 1.54) is 11.9 Å². The highest BCUT2D eigenvalue weighted by Crippen LogP contribution is 2.59. The first-order chi connectivity index (χ1) is 20.1. The van der Waals surface area contributed by atoms with Gasteiger partial charge in [0.15, 0.2) is 5.69 Å². The Hall–Kier alpha value is -3.70. The second kappa shape index (κ2) is 10.9. The molecule has 3 unspecified atom stereocenters. The number of hydrogen-bond donors (Lipinski definition) is 2. The van der Waals surface area contributed by atoms with Crippen LogP contribution >= 0.6 is 23.5 Å². The lowest BCUT2D eigenvalue weighted by Crippen LogP contribution is -2.32. The normalized spacial score (nSPS) is 20.0. The summed E-state index contributed by atoms with van der Waals surface area (Å²) in [6.45, 7) is 6.98. The number of benzene rings is 1. The molecule has 1 aromatic carbocycles. The summed E-state index contributed by atoms with van der Waals surface area (Å²) in [7, 11) is 1.75. The van der Waals surface area contributed by atoms with E-state index >= 15 is 0 Å². The van der Waals surface area contributed by atoms with Crippen molar-refractivity contribution in [3.63, 3.8) is 0 Å². The summed E-state index contributed by atoms with van der Waals surface area (Å²) in [5.74, 6) is 0.774. The first kappa shape index (κ1) is 28.4. The van der Waals surface area contributed by atoms with Crippen molar-refractivity contribution < 1.29 is 9.18 Å². The molecule has 12 heteroatoms. The summed E-state index contributed by atoms with van der Waals surface area (Å²) in [4.78, 5) is 41.8. The molecule has 1 aliphatic heterocycles. The van der Waals surface area contributed by atoms with Gasteiger partial charge in [-0.2, -0.15) is 0 Å². The van der Waals surface area contributed by atoms with Crippen LogP contribution in [0.15, 0.2) is 41.3 Å². The molecule has 6 rings (SSSR count). The SMILES string of the molecule is CSNC(=O)c1nc(Cl)ccc1NC(C)c1cc(C)cc2c(=O)n(C)c(N3CC4C(C3)C4c3ccnc(C)c3F)nc12. The topological polar surface area (TPSA) is 105 Å². The molecule has 0 radical (unpaired) electrons. The van der Waals surface area contributed by atoms with Crippen molar-refractivity contribution in [1.82, 2.24) is 24.2 Å². The van der Waals surface area contributed by atoms with Crippen molar-refractivity contribution in [2.45, 2.75) is 32.7 Å². The number of fused-ring (bicyclic) bond motifs is 2. The number of aryl methyl sites for hydroxylation is 2. The van der Waals surface area contributed by atoms with Gasteiger partial charge in [-0.05, 0) is 73.9 Å². The van der Waals surface area contributed by atoms with Crippen LogP contribution in [0.25, 0.3) is 10.9 Å². The molecule has 42 heavy (non-hydrogen) atoms. The van der Waals surface area contributed by atoms with Gasteiger partial charge in [0, 0.05) is 38.2 Å². The van der Waals surface area contributed by atoms with E-state index in [9.17, 15) is 14.0 Å². The summed E-state index contributed by atoms with van der Waals surface area (Å²) in [6.07, 6.45) is 3.42. The number of amides is 1. The molecule has 2 N–H and O–H groups in total. The Labute approximate surface area is 252 Å². The number of carbonyl (C=O) groups is 1. The minimum atomic E-state index is -0.365. The molecule has 1 amide bonds. The predicted octanol–water partition coefficient (Wildman–Crippen LogP) is 5.16. The van der Waals surface area contributed by atoms with Gasteiger partial charge in [-0.15, -0.1) is 0 Å². The standard InChI is InChI=1S/C30H31ClFN7O2S/c1-14-10-18(15(2)34-22-6-7-23(31)35-27(22)28(40)37-42-5)26-19(11-14)29(41)38(4)30(36-26)39-12-20-21(13-39)24(20)17-8-9-33-16(3)25(17)32/h6-11,15,20-21,24,34H,12-13H2,1-5H3,(H,37,40). The number of aromatic nitrogens is 4. The largest absolute Gasteiger partial charge is 0.377 e. The first-order valence-corrected chi connectivity index (χ1v) is 15.3. The molecule has 9 nitrogen and oxygen atoms in total. The number of nitrogens with one attached hydrogen (secondary N) is 2. The van der Waals surface area contributed by atoms with Crippen LogP contribution < -0.4 is 20.5 Å². The Kier molecular flexibility index (Phi) is 7.34. The monoisotopic (exact) mass is 607 g/mol. The summed E-state index contributed by atoms with van der Waals surface area (Å²) >= 11 is 7.27. The summed E-state index contributed by atoms with van der Waals surface area (Å²) in [6, 6.07) is 8.67. The van der Waals surface area contributed by atoms with E-state index in [1.807, 2.05) is 26.0 Å². The van der Waals surface area contributed by atoms with Crippen LogP contribution in [-0.2, 0) is 7.05 Å². The van der Waals surface area contributed by atoms with E-state index in [0.717, 1.165) is 16.7 Å². The van der Waals surface area contributed by atoms with E-state index < -0.39 is 0 Å². The van der Waals surface area contributed by atoms with E-state index in [4.69, 9.17) is 16.6 Å². The van der Waals surface area contributed by atoms with Crippen LogP contribution in [0.1, 0.15) is 51.8 Å². The molecular formula is C30H31ClFN7O2S. The smallest absolute Gasteiger partial charge is 0.281 e. The van der Waals surface area contributed by atoms with Gasteiger partial charge >= 0.3 is 0 Å². The van der Waals surface area contributed by atoms with Crippen LogP contribution in [0.3, 0.4) is 0 Å². The van der Waals surface area contributed by atoms with Gasteiger partial charge in [0.25, 0.3) is 11.5 Å². The Morgan fingerprint density at radius 3 is 2.62 bits per heavy atom. The van der Waals surface area contributed by atoms with Crippen LogP contribution in [-0.4, -0.2) is 44.8 Å². The third-order valence-electron chi connectivity index (χ3n) is 8.37. The Morgan fingerprint density at radius 2 is 1.90 bits per heavy atom. The molecule has 0 spiro atoms. The number of rotatable bonds is 7. The molecule has 4 aromatic rings. The average Bonchev–Trinajstić information content (AvgIpc) is 3.44. The molecule has 2 fully saturated rings. The third-order valence-corrected chi connectivity index (χ3v) is 8.97. The van der Waals surface area contributed by atoms with Gasteiger partial charge in [-0.1, -0.05) is 29.6 Å². The zero-order chi connectivity index (χ0) is 29.9. The van der Waals surface area contributed by atoms with E-state index in [1.54, 1.807) is 49.2 Å². The van der Waals surface area contributed by atoms with Crippen molar-refractivity contribution in [2.24, 2.45) is 18.9 Å². The third kappa shape index (κ3) is 4.88. The van der Waals surface area contributed by atoms with Crippen LogP contribution in [0.5, 0.6) is 0 Å². The van der Waals surface area contributed by atoms with Crippen molar-refractivity contribution in [1.29, 1.82) is 0 Å². The minimum Gasteiger partial charge on any atom is -0.377 e. The fourth-order valence-electron chi connectivity index (χ4n) is 6.31. The number of hydrogen-bond acceptors (Lipinski definition) is 8. The number of anilines is 2. The van der Waals surface area contributed by atoms with Crippen LogP contribution in [0.4, 0.5) is 16.0 Å². The fraction of sp³-hybridized carbons (Fsp3) is 0.367. The lowest BCUT2D eigenvalue weighted by atomic mass is 10.0. The summed E-state index contributed by atoms with van der Waals surface area (Å²) in [5, 5.41) is 4.12. The van der Waals surface area contributed by atoms with E-state index in [-0.39, 0.29) is 40.1 Å². The number of nitrogens with zero attached hydrogens (tertiary/aromatic N) is 5. The molecule has 0 bridgehead atoms. The molecule has 3 atom stereocenters. The van der Waals surface area contributed by atoms with Crippen LogP contribution in [0, 0.1) is 31.5 Å². The molecule has 2 aliphatic rings. The van der Waals surface area contributed by atoms with Crippen molar-refractivity contribution in [3.05, 3.63) is 85.9 Å². The maximum Gasteiger partial charge on any atom is 0.281 e. The zero-order valence-corrected chi connectivity index (χ0v) is 25.5. The van der Waals surface area contributed by atoms with Gasteiger partial charge in [0.05, 0.1) is 28.3 Å². The maximum atomic E-state index is 14.8. The Bertz CT molecular complexity index is 1790. The Balaban J connectivity index is 1.33. The minimum absolute atomic E-state index is 0.131. The molecule has 1 saturated heterocycles. The van der Waals surface area contributed by atoms with Crippen molar-refractivity contribution >= 4 is 52.0 Å². The number of piperidine rings is 1.